The molecule has 3 aromatic rings. The summed E-state index contributed by atoms with van der Waals surface area (Å²) in [7, 11) is -3.65. The van der Waals surface area contributed by atoms with Crippen LogP contribution < -0.4 is 4.72 Å². The van der Waals surface area contributed by atoms with Crippen molar-refractivity contribution in [3.63, 3.8) is 0 Å². The number of aromatic nitrogens is 3. The standard InChI is InChI=1S/C15H14N4O2S/c1-11-2-4-13(5-3-11)22(20,21)19-15-10-12(6-8-16-15)14-7-9-17-18-14/h2-10H,1H3,(H,16,19)(H,17,18). The lowest BCUT2D eigenvalue weighted by atomic mass is 10.2. The fraction of sp³-hybridized carbons (Fsp3) is 0.0667. The van der Waals surface area contributed by atoms with Crippen molar-refractivity contribution in [2.45, 2.75) is 11.8 Å². The smallest absolute Gasteiger partial charge is 0.263 e. The lowest BCUT2D eigenvalue weighted by Crippen LogP contribution is -2.13. The Kier molecular flexibility index (Phi) is 3.64. The van der Waals surface area contributed by atoms with Gasteiger partial charge in [-0.05, 0) is 37.3 Å². The first-order valence-electron chi connectivity index (χ1n) is 6.60. The Morgan fingerprint density at radius 3 is 2.50 bits per heavy atom. The molecule has 0 bridgehead atoms. The van der Waals surface area contributed by atoms with E-state index in [1.54, 1.807) is 54.9 Å². The second-order valence-electron chi connectivity index (χ2n) is 4.82. The number of aryl methyl sites for hydroxylation is 1. The molecule has 0 radical (unpaired) electrons. The van der Waals surface area contributed by atoms with Gasteiger partial charge in [-0.1, -0.05) is 17.7 Å². The third-order valence-electron chi connectivity index (χ3n) is 3.14. The molecule has 0 saturated heterocycles. The number of rotatable bonds is 4. The molecule has 2 heterocycles. The number of sulfonamides is 1. The number of benzene rings is 1. The quantitative estimate of drug-likeness (QED) is 0.775. The van der Waals surface area contributed by atoms with E-state index >= 15 is 0 Å². The number of H-pyrrole nitrogens is 1. The van der Waals surface area contributed by atoms with Gasteiger partial charge in [0.2, 0.25) is 0 Å². The average molecular weight is 314 g/mol. The molecule has 0 aliphatic heterocycles. The van der Waals surface area contributed by atoms with E-state index in [-0.39, 0.29) is 10.7 Å². The van der Waals surface area contributed by atoms with Gasteiger partial charge in [0.15, 0.2) is 0 Å². The molecule has 0 amide bonds. The maximum atomic E-state index is 12.3. The van der Waals surface area contributed by atoms with Crippen molar-refractivity contribution in [2.24, 2.45) is 0 Å². The van der Waals surface area contributed by atoms with Gasteiger partial charge < -0.3 is 0 Å². The van der Waals surface area contributed by atoms with E-state index in [2.05, 4.69) is 19.9 Å². The largest absolute Gasteiger partial charge is 0.278 e. The molecule has 22 heavy (non-hydrogen) atoms. The molecule has 0 aliphatic rings. The summed E-state index contributed by atoms with van der Waals surface area (Å²) >= 11 is 0. The molecule has 0 unspecified atom stereocenters. The summed E-state index contributed by atoms with van der Waals surface area (Å²) in [6, 6.07) is 11.9. The summed E-state index contributed by atoms with van der Waals surface area (Å²) in [5.74, 6) is 0.257. The van der Waals surface area contributed by atoms with Crippen LogP contribution in [0, 0.1) is 6.92 Å². The highest BCUT2D eigenvalue weighted by Crippen LogP contribution is 2.20. The minimum absolute atomic E-state index is 0.201. The van der Waals surface area contributed by atoms with Crippen LogP contribution in [-0.2, 0) is 10.0 Å². The number of aromatic amines is 1. The Morgan fingerprint density at radius 2 is 1.82 bits per heavy atom. The molecule has 112 valence electrons. The Bertz CT molecular complexity index is 872. The molecule has 7 heteroatoms. The van der Waals surface area contributed by atoms with Crippen LogP contribution in [0.3, 0.4) is 0 Å². The van der Waals surface area contributed by atoms with Crippen LogP contribution >= 0.6 is 0 Å². The number of pyridine rings is 1. The van der Waals surface area contributed by atoms with Crippen LogP contribution in [0.15, 0.2) is 59.8 Å². The Morgan fingerprint density at radius 1 is 1.05 bits per heavy atom. The second kappa shape index (κ2) is 5.61. The normalized spacial score (nSPS) is 11.3. The van der Waals surface area contributed by atoms with Crippen molar-refractivity contribution >= 4 is 15.8 Å². The summed E-state index contributed by atoms with van der Waals surface area (Å²) < 4.78 is 27.2. The van der Waals surface area contributed by atoms with Crippen LogP contribution in [0.1, 0.15) is 5.56 Å². The number of hydrogen-bond donors (Lipinski definition) is 2. The number of hydrogen-bond acceptors (Lipinski definition) is 4. The average Bonchev–Trinajstić information content (AvgIpc) is 3.02. The molecule has 0 saturated carbocycles. The molecule has 6 nitrogen and oxygen atoms in total. The zero-order valence-electron chi connectivity index (χ0n) is 11.8. The van der Waals surface area contributed by atoms with Crippen LogP contribution in [0.4, 0.5) is 5.82 Å². The van der Waals surface area contributed by atoms with Gasteiger partial charge in [0.25, 0.3) is 10.0 Å². The molecule has 1 aromatic carbocycles. The highest BCUT2D eigenvalue weighted by Gasteiger charge is 2.15. The van der Waals surface area contributed by atoms with Crippen molar-refractivity contribution in [3.8, 4) is 11.3 Å². The third kappa shape index (κ3) is 2.99. The minimum Gasteiger partial charge on any atom is -0.278 e. The van der Waals surface area contributed by atoms with Gasteiger partial charge >= 0.3 is 0 Å². The van der Waals surface area contributed by atoms with E-state index < -0.39 is 10.0 Å². The van der Waals surface area contributed by atoms with Crippen molar-refractivity contribution < 1.29 is 8.42 Å². The molecular formula is C15H14N4O2S. The van der Waals surface area contributed by atoms with Gasteiger partial charge in [0, 0.05) is 18.0 Å². The first kappa shape index (κ1) is 14.3. The molecule has 0 atom stereocenters. The van der Waals surface area contributed by atoms with E-state index in [0.717, 1.165) is 16.8 Å². The third-order valence-corrected chi connectivity index (χ3v) is 4.51. The van der Waals surface area contributed by atoms with Gasteiger partial charge in [-0.2, -0.15) is 5.10 Å². The highest BCUT2D eigenvalue weighted by atomic mass is 32.2. The van der Waals surface area contributed by atoms with E-state index in [9.17, 15) is 8.42 Å². The second-order valence-corrected chi connectivity index (χ2v) is 6.50. The number of nitrogens with zero attached hydrogens (tertiary/aromatic N) is 2. The van der Waals surface area contributed by atoms with E-state index in [4.69, 9.17) is 0 Å². The molecule has 0 aliphatic carbocycles. The summed E-state index contributed by atoms with van der Waals surface area (Å²) in [4.78, 5) is 4.25. The molecule has 0 fully saturated rings. The molecule has 3 rings (SSSR count). The van der Waals surface area contributed by atoms with Gasteiger partial charge in [-0.3, -0.25) is 9.82 Å². The summed E-state index contributed by atoms with van der Waals surface area (Å²) in [5, 5.41) is 6.70. The first-order chi connectivity index (χ1) is 10.5. The van der Waals surface area contributed by atoms with E-state index in [1.807, 2.05) is 6.92 Å². The molecule has 2 aromatic heterocycles. The van der Waals surface area contributed by atoms with Crippen molar-refractivity contribution in [3.05, 3.63) is 60.4 Å². The Hall–Kier alpha value is -2.67. The number of nitrogens with one attached hydrogen (secondary N) is 2. The zero-order chi connectivity index (χ0) is 15.6. The lowest BCUT2D eigenvalue weighted by molar-refractivity contribution is 0.601. The molecular weight excluding hydrogens is 300 g/mol. The van der Waals surface area contributed by atoms with Crippen molar-refractivity contribution in [2.75, 3.05) is 4.72 Å². The molecule has 2 N–H and O–H groups in total. The van der Waals surface area contributed by atoms with Gasteiger partial charge in [-0.15, -0.1) is 0 Å². The van der Waals surface area contributed by atoms with Crippen LogP contribution in [-0.4, -0.2) is 23.6 Å². The Balaban J connectivity index is 1.89. The van der Waals surface area contributed by atoms with Crippen LogP contribution in [0.2, 0.25) is 0 Å². The van der Waals surface area contributed by atoms with Gasteiger partial charge in [0.1, 0.15) is 5.82 Å². The van der Waals surface area contributed by atoms with Gasteiger partial charge in [0.05, 0.1) is 10.6 Å². The fourth-order valence-corrected chi connectivity index (χ4v) is 2.98. The van der Waals surface area contributed by atoms with Crippen molar-refractivity contribution in [1.29, 1.82) is 0 Å². The fourth-order valence-electron chi connectivity index (χ4n) is 1.98. The number of anilines is 1. The maximum Gasteiger partial charge on any atom is 0.263 e. The summed E-state index contributed by atoms with van der Waals surface area (Å²) in [6.45, 7) is 1.90. The topological polar surface area (TPSA) is 87.7 Å². The minimum atomic E-state index is -3.65. The highest BCUT2D eigenvalue weighted by molar-refractivity contribution is 7.92. The Labute approximate surface area is 128 Å². The van der Waals surface area contributed by atoms with E-state index in [0.29, 0.717) is 0 Å². The van der Waals surface area contributed by atoms with Crippen LogP contribution in [0.25, 0.3) is 11.3 Å². The van der Waals surface area contributed by atoms with E-state index in [1.165, 1.54) is 0 Å². The maximum absolute atomic E-state index is 12.3. The zero-order valence-corrected chi connectivity index (χ0v) is 12.6. The summed E-state index contributed by atoms with van der Waals surface area (Å²) in [6.07, 6.45) is 3.18. The molecule has 0 spiro atoms. The predicted octanol–water partition coefficient (Wildman–Crippen LogP) is 2.58. The summed E-state index contributed by atoms with van der Waals surface area (Å²) in [5.41, 5.74) is 2.59. The SMILES string of the molecule is Cc1ccc(S(=O)(=O)Nc2cc(-c3ccn[nH]3)ccn2)cc1. The predicted molar refractivity (Wildman–Crippen MR) is 83.8 cm³/mol. The van der Waals surface area contributed by atoms with Gasteiger partial charge in [-0.25, -0.2) is 13.4 Å². The monoisotopic (exact) mass is 314 g/mol. The first-order valence-corrected chi connectivity index (χ1v) is 8.08. The van der Waals surface area contributed by atoms with Crippen molar-refractivity contribution in [1.82, 2.24) is 15.2 Å². The lowest BCUT2D eigenvalue weighted by Gasteiger charge is -2.08. The van der Waals surface area contributed by atoms with Crippen LogP contribution in [0.5, 0.6) is 0 Å².